The molecule has 0 bridgehead atoms. The molecule has 8 nitrogen and oxygen atoms in total. The van der Waals surface area contributed by atoms with E-state index >= 15 is 0 Å². The Labute approximate surface area is 215 Å². The number of ketones is 1. The molecule has 0 amide bonds. The molecule has 3 saturated carbocycles. The lowest BCUT2D eigenvalue weighted by Crippen LogP contribution is -2.58. The summed E-state index contributed by atoms with van der Waals surface area (Å²) in [6.45, 7) is 9.66. The van der Waals surface area contributed by atoms with Gasteiger partial charge < -0.3 is 23.7 Å². The van der Waals surface area contributed by atoms with E-state index in [1.807, 2.05) is 13.8 Å². The second-order valence-corrected chi connectivity index (χ2v) is 11.7. The second-order valence-electron chi connectivity index (χ2n) is 11.7. The van der Waals surface area contributed by atoms with Crippen LogP contribution < -0.4 is 0 Å². The fourth-order valence-corrected chi connectivity index (χ4v) is 7.87. The minimum atomic E-state index is -0.651. The summed E-state index contributed by atoms with van der Waals surface area (Å²) < 4.78 is 22.1. The van der Waals surface area contributed by atoms with Gasteiger partial charge in [0.05, 0.1) is 0 Å². The fourth-order valence-electron chi connectivity index (χ4n) is 7.87. The Balaban J connectivity index is 1.92. The number of rotatable bonds is 10. The lowest BCUT2D eigenvalue weighted by atomic mass is 9.51. The summed E-state index contributed by atoms with van der Waals surface area (Å²) >= 11 is 0. The Morgan fingerprint density at radius 1 is 1.06 bits per heavy atom. The maximum absolute atomic E-state index is 14.3. The third-order valence-electron chi connectivity index (χ3n) is 9.61. The highest BCUT2D eigenvalue weighted by Gasteiger charge is 2.61. The van der Waals surface area contributed by atoms with E-state index in [9.17, 15) is 19.2 Å². The normalized spacial score (nSPS) is 39.2. The van der Waals surface area contributed by atoms with Crippen LogP contribution in [0.15, 0.2) is 0 Å². The van der Waals surface area contributed by atoms with Crippen molar-refractivity contribution < 1.29 is 38.1 Å². The molecule has 3 fully saturated rings. The van der Waals surface area contributed by atoms with E-state index in [4.69, 9.17) is 18.9 Å². The van der Waals surface area contributed by atoms with Gasteiger partial charge in [-0.25, -0.2) is 0 Å². The van der Waals surface area contributed by atoms with Crippen LogP contribution in [-0.4, -0.2) is 56.7 Å². The average Bonchev–Trinajstić information content (AvgIpc) is 3.15. The molecule has 3 rings (SSSR count). The van der Waals surface area contributed by atoms with Crippen molar-refractivity contribution in [1.29, 1.82) is 0 Å². The van der Waals surface area contributed by atoms with E-state index in [2.05, 4.69) is 6.92 Å². The molecule has 0 aromatic rings. The molecular formula is C28H44O8. The summed E-state index contributed by atoms with van der Waals surface area (Å²) in [7, 11) is 1.58. The maximum Gasteiger partial charge on any atom is 0.302 e. The quantitative estimate of drug-likeness (QED) is 0.188. The lowest BCUT2D eigenvalue weighted by molar-refractivity contribution is -0.181. The number of carbonyl (C=O) groups excluding carboxylic acids is 4. The van der Waals surface area contributed by atoms with E-state index < -0.39 is 11.5 Å². The van der Waals surface area contributed by atoms with Gasteiger partial charge >= 0.3 is 11.9 Å². The van der Waals surface area contributed by atoms with Gasteiger partial charge in [-0.2, -0.15) is 0 Å². The van der Waals surface area contributed by atoms with Crippen LogP contribution in [0.5, 0.6) is 0 Å². The predicted molar refractivity (Wildman–Crippen MR) is 132 cm³/mol. The largest absolute Gasteiger partial charge is 0.463 e. The van der Waals surface area contributed by atoms with Crippen LogP contribution in [0.3, 0.4) is 0 Å². The van der Waals surface area contributed by atoms with Gasteiger partial charge in [-0.1, -0.05) is 20.8 Å². The Morgan fingerprint density at radius 2 is 1.75 bits per heavy atom. The molecule has 0 saturated heterocycles. The smallest absolute Gasteiger partial charge is 0.302 e. The summed E-state index contributed by atoms with van der Waals surface area (Å²) in [5, 5.41) is 0. The van der Waals surface area contributed by atoms with Crippen LogP contribution in [-0.2, 0) is 38.1 Å². The first-order valence-electron chi connectivity index (χ1n) is 13.4. The molecule has 0 N–H and O–H groups in total. The standard InChI is InChI=1S/C28H44O8/c1-17(15-29)22-7-8-23(27(22,4)11-12-34-16-33-6)21-14-25(36-19(3)31)24-13-20(35-18(2)30)9-10-28(24,5)26(21)32/h15,17,20-25H,7-14,16H2,1-6H3/t17-,20+,21+,22-,23+,24-,25+,27-,28+/m1/s1. The van der Waals surface area contributed by atoms with Gasteiger partial charge in [-0.15, -0.1) is 0 Å². The molecule has 0 aliphatic heterocycles. The minimum absolute atomic E-state index is 0.0607. The van der Waals surface area contributed by atoms with E-state index in [1.54, 1.807) is 7.11 Å². The zero-order valence-corrected chi connectivity index (χ0v) is 22.7. The topological polar surface area (TPSA) is 105 Å². The monoisotopic (exact) mass is 508 g/mol. The van der Waals surface area contributed by atoms with E-state index in [0.717, 1.165) is 25.5 Å². The predicted octanol–water partition coefficient (Wildman–Crippen LogP) is 4.12. The van der Waals surface area contributed by atoms with Crippen molar-refractivity contribution >= 4 is 24.0 Å². The second kappa shape index (κ2) is 11.7. The third-order valence-corrected chi connectivity index (χ3v) is 9.61. The SMILES string of the molecule is COCOCC[C@]1(C)[C@@H]([C@H](C)C=O)CC[C@H]1[C@@H]1C[C@H](OC(C)=O)[C@H]2C[C@@H](OC(C)=O)CC[C@]2(C)C1=O. The van der Waals surface area contributed by atoms with Gasteiger partial charge in [0.15, 0.2) is 0 Å². The molecule has 9 atom stereocenters. The highest BCUT2D eigenvalue weighted by molar-refractivity contribution is 5.89. The lowest BCUT2D eigenvalue weighted by Gasteiger charge is -2.53. The van der Waals surface area contributed by atoms with Gasteiger partial charge in [0, 0.05) is 50.7 Å². The zero-order chi connectivity index (χ0) is 26.7. The number of carbonyl (C=O) groups is 4. The van der Waals surface area contributed by atoms with Crippen molar-refractivity contribution in [2.24, 2.45) is 40.4 Å². The van der Waals surface area contributed by atoms with Crippen molar-refractivity contribution in [3.05, 3.63) is 0 Å². The molecule has 0 unspecified atom stereocenters. The zero-order valence-electron chi connectivity index (χ0n) is 22.7. The van der Waals surface area contributed by atoms with Crippen LogP contribution in [0.2, 0.25) is 0 Å². The third kappa shape index (κ3) is 5.69. The summed E-state index contributed by atoms with van der Waals surface area (Å²) in [6.07, 6.45) is 5.00. The first-order chi connectivity index (χ1) is 17.0. The van der Waals surface area contributed by atoms with Gasteiger partial charge in [-0.3, -0.25) is 14.4 Å². The van der Waals surface area contributed by atoms with Crippen LogP contribution in [0.1, 0.15) is 79.6 Å². The number of hydrogen-bond acceptors (Lipinski definition) is 8. The first-order valence-corrected chi connectivity index (χ1v) is 13.4. The number of hydrogen-bond donors (Lipinski definition) is 0. The van der Waals surface area contributed by atoms with Crippen molar-refractivity contribution in [2.45, 2.75) is 91.8 Å². The van der Waals surface area contributed by atoms with Gasteiger partial charge in [-0.05, 0) is 62.2 Å². The van der Waals surface area contributed by atoms with Crippen LogP contribution in [0.4, 0.5) is 0 Å². The van der Waals surface area contributed by atoms with Crippen molar-refractivity contribution in [1.82, 2.24) is 0 Å². The Morgan fingerprint density at radius 3 is 2.36 bits per heavy atom. The molecule has 0 heterocycles. The summed E-state index contributed by atoms with van der Waals surface area (Å²) in [4.78, 5) is 49.8. The molecule has 0 aromatic carbocycles. The van der Waals surface area contributed by atoms with Gasteiger partial charge in [0.1, 0.15) is 31.1 Å². The minimum Gasteiger partial charge on any atom is -0.463 e. The van der Waals surface area contributed by atoms with Gasteiger partial charge in [0.2, 0.25) is 0 Å². The molecule has 0 spiro atoms. The van der Waals surface area contributed by atoms with Crippen LogP contribution >= 0.6 is 0 Å². The van der Waals surface area contributed by atoms with E-state index in [0.29, 0.717) is 32.3 Å². The van der Waals surface area contributed by atoms with Crippen LogP contribution in [0, 0.1) is 40.4 Å². The number of ether oxygens (including phenoxy) is 4. The fraction of sp³-hybridized carbons (Fsp3) is 0.857. The number of Topliss-reactive ketones (excluding diaryl/α,β-unsaturated/α-hetero) is 1. The highest BCUT2D eigenvalue weighted by atomic mass is 16.7. The summed E-state index contributed by atoms with van der Waals surface area (Å²) in [5.41, 5.74) is -0.922. The average molecular weight is 509 g/mol. The number of methoxy groups -OCH3 is 1. The Kier molecular flexibility index (Phi) is 9.36. The Bertz CT molecular complexity index is 826. The summed E-state index contributed by atoms with van der Waals surface area (Å²) in [6, 6.07) is 0. The van der Waals surface area contributed by atoms with Crippen LogP contribution in [0.25, 0.3) is 0 Å². The molecule has 36 heavy (non-hydrogen) atoms. The maximum atomic E-state index is 14.3. The Hall–Kier alpha value is -1.80. The summed E-state index contributed by atoms with van der Waals surface area (Å²) in [5.74, 6) is -0.830. The van der Waals surface area contributed by atoms with Crippen molar-refractivity contribution in [2.75, 3.05) is 20.5 Å². The van der Waals surface area contributed by atoms with E-state index in [-0.39, 0.29) is 65.6 Å². The van der Waals surface area contributed by atoms with E-state index in [1.165, 1.54) is 13.8 Å². The molecule has 3 aliphatic rings. The molecular weight excluding hydrogens is 464 g/mol. The molecule has 3 aliphatic carbocycles. The highest BCUT2D eigenvalue weighted by Crippen LogP contribution is 2.60. The molecule has 204 valence electrons. The van der Waals surface area contributed by atoms with Gasteiger partial charge in [0.25, 0.3) is 0 Å². The first kappa shape index (κ1) is 28.8. The number of aldehydes is 1. The number of esters is 2. The molecule has 8 heteroatoms. The number of fused-ring (bicyclic) bond motifs is 1. The van der Waals surface area contributed by atoms with Crippen molar-refractivity contribution in [3.63, 3.8) is 0 Å². The molecule has 0 radical (unpaired) electrons. The molecule has 0 aromatic heterocycles. The van der Waals surface area contributed by atoms with Crippen molar-refractivity contribution in [3.8, 4) is 0 Å².